The van der Waals surface area contributed by atoms with Crippen LogP contribution >= 0.6 is 11.3 Å². The molecule has 1 fully saturated rings. The highest BCUT2D eigenvalue weighted by Crippen LogP contribution is 2.33. The van der Waals surface area contributed by atoms with Crippen molar-refractivity contribution in [3.8, 4) is 0 Å². The van der Waals surface area contributed by atoms with E-state index in [1.165, 1.54) is 16.9 Å². The average molecular weight is 413 g/mol. The number of amides is 1. The third-order valence-electron chi connectivity index (χ3n) is 5.86. The molecule has 7 nitrogen and oxygen atoms in total. The van der Waals surface area contributed by atoms with Crippen LogP contribution in [0.3, 0.4) is 0 Å². The van der Waals surface area contributed by atoms with E-state index >= 15 is 0 Å². The molecule has 1 amide bonds. The largest absolute Gasteiger partial charge is 0.456 e. The van der Waals surface area contributed by atoms with Crippen molar-refractivity contribution in [1.82, 2.24) is 19.8 Å². The molecule has 29 heavy (non-hydrogen) atoms. The molecule has 0 radical (unpaired) electrons. The fourth-order valence-corrected chi connectivity index (χ4v) is 5.59. The molecule has 152 valence electrons. The molecule has 8 heteroatoms. The topological polar surface area (TPSA) is 82.4 Å². The number of aromatic amines is 1. The minimum Gasteiger partial charge on any atom is -0.456 e. The van der Waals surface area contributed by atoms with Crippen LogP contribution < -0.4 is 5.56 Å². The molecule has 0 unspecified atom stereocenters. The van der Waals surface area contributed by atoms with Crippen molar-refractivity contribution in [3.63, 3.8) is 0 Å². The van der Waals surface area contributed by atoms with Gasteiger partial charge in [0, 0.05) is 31.1 Å². The summed E-state index contributed by atoms with van der Waals surface area (Å²) in [5.74, 6) is 1.79. The molecule has 3 aromatic heterocycles. The van der Waals surface area contributed by atoms with Gasteiger partial charge in [-0.2, -0.15) is 0 Å². The minimum atomic E-state index is -0.0603. The maximum Gasteiger partial charge on any atom is 0.289 e. The highest BCUT2D eigenvalue weighted by Gasteiger charge is 2.25. The molecule has 1 aliphatic heterocycles. The lowest BCUT2D eigenvalue weighted by Crippen LogP contribution is -2.48. The summed E-state index contributed by atoms with van der Waals surface area (Å²) in [5.41, 5.74) is 1.21. The van der Waals surface area contributed by atoms with E-state index < -0.39 is 0 Å². The summed E-state index contributed by atoms with van der Waals surface area (Å²) in [6.07, 6.45) is 4.41. The van der Waals surface area contributed by atoms with Crippen molar-refractivity contribution in [2.24, 2.45) is 0 Å². The molecule has 1 aliphatic carbocycles. The van der Waals surface area contributed by atoms with Crippen molar-refractivity contribution in [1.29, 1.82) is 0 Å². The van der Waals surface area contributed by atoms with E-state index in [4.69, 9.17) is 9.40 Å². The maximum absolute atomic E-state index is 12.7. The van der Waals surface area contributed by atoms with E-state index in [1.807, 2.05) is 17.9 Å². The molecule has 0 saturated carbocycles. The Morgan fingerprint density at radius 3 is 2.76 bits per heavy atom. The molecule has 1 N–H and O–H groups in total. The van der Waals surface area contributed by atoms with Crippen molar-refractivity contribution in [2.75, 3.05) is 26.2 Å². The zero-order valence-corrected chi connectivity index (χ0v) is 17.3. The predicted octanol–water partition coefficient (Wildman–Crippen LogP) is 2.72. The second-order valence-corrected chi connectivity index (χ2v) is 8.97. The first-order valence-electron chi connectivity index (χ1n) is 10.2. The van der Waals surface area contributed by atoms with Gasteiger partial charge in [-0.25, -0.2) is 4.98 Å². The van der Waals surface area contributed by atoms with Crippen LogP contribution in [0, 0.1) is 6.92 Å². The van der Waals surface area contributed by atoms with Crippen molar-refractivity contribution in [2.45, 2.75) is 39.2 Å². The van der Waals surface area contributed by atoms with Crippen molar-refractivity contribution in [3.05, 3.63) is 50.3 Å². The van der Waals surface area contributed by atoms with E-state index in [9.17, 15) is 9.59 Å². The quantitative estimate of drug-likeness (QED) is 0.715. The van der Waals surface area contributed by atoms with Crippen LogP contribution in [0.2, 0.25) is 0 Å². The molecular weight excluding hydrogens is 388 g/mol. The van der Waals surface area contributed by atoms with Gasteiger partial charge in [-0.15, -0.1) is 11.3 Å². The number of furan rings is 1. The molecule has 5 rings (SSSR count). The summed E-state index contributed by atoms with van der Waals surface area (Å²) >= 11 is 1.68. The van der Waals surface area contributed by atoms with Gasteiger partial charge in [0.1, 0.15) is 16.4 Å². The Morgan fingerprint density at radius 2 is 2.00 bits per heavy atom. The van der Waals surface area contributed by atoms with E-state index in [2.05, 4.69) is 9.88 Å². The third kappa shape index (κ3) is 3.51. The number of thiophene rings is 1. The van der Waals surface area contributed by atoms with Crippen LogP contribution in [0.15, 0.2) is 21.3 Å². The van der Waals surface area contributed by atoms with E-state index in [0.717, 1.165) is 48.3 Å². The lowest BCUT2D eigenvalue weighted by atomic mass is 9.97. The Balaban J connectivity index is 1.27. The number of hydrogen-bond donors (Lipinski definition) is 1. The molecule has 1 saturated heterocycles. The van der Waals surface area contributed by atoms with Gasteiger partial charge >= 0.3 is 0 Å². The molecule has 4 heterocycles. The van der Waals surface area contributed by atoms with E-state index in [1.54, 1.807) is 17.4 Å². The molecule has 0 aromatic carbocycles. The van der Waals surface area contributed by atoms with Gasteiger partial charge in [0.25, 0.3) is 11.5 Å². The number of nitrogens with one attached hydrogen (secondary N) is 1. The minimum absolute atomic E-state index is 0.00796. The smallest absolute Gasteiger partial charge is 0.289 e. The van der Waals surface area contributed by atoms with Crippen LogP contribution in [0.1, 0.15) is 45.4 Å². The SMILES string of the molecule is Cc1ccc(C(=O)N2CCN(Cc3nc4sc5c(c4c(=O)[nH]3)CCCC5)CC2)o1. The average Bonchev–Trinajstić information content (AvgIpc) is 3.31. The zero-order valence-electron chi connectivity index (χ0n) is 16.5. The number of rotatable bonds is 3. The predicted molar refractivity (Wildman–Crippen MR) is 112 cm³/mol. The van der Waals surface area contributed by atoms with Crippen LogP contribution in [0.5, 0.6) is 0 Å². The number of carbonyl (C=O) groups excluding carboxylic acids is 1. The Labute approximate surface area is 172 Å². The zero-order chi connectivity index (χ0) is 20.0. The summed E-state index contributed by atoms with van der Waals surface area (Å²) in [6.45, 7) is 5.19. The van der Waals surface area contributed by atoms with Gasteiger partial charge < -0.3 is 14.3 Å². The lowest BCUT2D eigenvalue weighted by Gasteiger charge is -2.33. The van der Waals surface area contributed by atoms with Gasteiger partial charge in [0.2, 0.25) is 0 Å². The normalized spacial score (nSPS) is 17.6. The summed E-state index contributed by atoms with van der Waals surface area (Å²) < 4.78 is 5.46. The van der Waals surface area contributed by atoms with Crippen LogP contribution in [-0.2, 0) is 19.4 Å². The van der Waals surface area contributed by atoms with Gasteiger partial charge in [-0.3, -0.25) is 14.5 Å². The van der Waals surface area contributed by atoms with Crippen molar-refractivity contribution >= 4 is 27.5 Å². The number of hydrogen-bond acceptors (Lipinski definition) is 6. The van der Waals surface area contributed by atoms with Gasteiger partial charge in [0.15, 0.2) is 5.76 Å². The Bertz CT molecular complexity index is 1120. The van der Waals surface area contributed by atoms with Gasteiger partial charge in [-0.1, -0.05) is 0 Å². The number of nitrogens with zero attached hydrogens (tertiary/aromatic N) is 3. The van der Waals surface area contributed by atoms with E-state index in [0.29, 0.717) is 31.2 Å². The summed E-state index contributed by atoms with van der Waals surface area (Å²) in [4.78, 5) is 39.2. The lowest BCUT2D eigenvalue weighted by molar-refractivity contribution is 0.0593. The molecule has 0 spiro atoms. The first kappa shape index (κ1) is 18.6. The Kier molecular flexibility index (Phi) is 4.75. The highest BCUT2D eigenvalue weighted by atomic mass is 32.1. The molecule has 2 aliphatic rings. The van der Waals surface area contributed by atoms with Crippen LogP contribution in [-0.4, -0.2) is 51.9 Å². The fraction of sp³-hybridized carbons (Fsp3) is 0.476. The van der Waals surface area contributed by atoms with Crippen molar-refractivity contribution < 1.29 is 9.21 Å². The number of piperazine rings is 1. The molecular formula is C21H24N4O3S. The number of H-pyrrole nitrogens is 1. The number of aromatic nitrogens is 2. The third-order valence-corrected chi connectivity index (χ3v) is 7.04. The van der Waals surface area contributed by atoms with Crippen LogP contribution in [0.4, 0.5) is 0 Å². The fourth-order valence-electron chi connectivity index (χ4n) is 4.31. The highest BCUT2D eigenvalue weighted by molar-refractivity contribution is 7.18. The number of aryl methyl sites for hydroxylation is 3. The van der Waals surface area contributed by atoms with Gasteiger partial charge in [-0.05, 0) is 50.3 Å². The van der Waals surface area contributed by atoms with Crippen LogP contribution in [0.25, 0.3) is 10.2 Å². The monoisotopic (exact) mass is 412 g/mol. The molecule has 0 bridgehead atoms. The Hall–Kier alpha value is -2.45. The van der Waals surface area contributed by atoms with Gasteiger partial charge in [0.05, 0.1) is 11.9 Å². The molecule has 0 atom stereocenters. The summed E-state index contributed by atoms with van der Waals surface area (Å²) in [5, 5.41) is 0.803. The van der Waals surface area contributed by atoms with E-state index in [-0.39, 0.29) is 11.5 Å². The number of carbonyl (C=O) groups is 1. The first-order chi connectivity index (χ1) is 14.1. The Morgan fingerprint density at radius 1 is 1.21 bits per heavy atom. The molecule has 3 aromatic rings. The second-order valence-electron chi connectivity index (χ2n) is 7.88. The maximum atomic E-state index is 12.7. The summed E-state index contributed by atoms with van der Waals surface area (Å²) in [6, 6.07) is 3.54. The first-order valence-corrected chi connectivity index (χ1v) is 11.0. The standard InChI is InChI=1S/C21H24N4O3S/c1-13-6-7-15(28-13)21(27)25-10-8-24(9-11-25)12-17-22-19(26)18-14-4-2-3-5-16(14)29-20(18)23-17/h6-7H,2-5,8-12H2,1H3,(H,22,23,26). The second kappa shape index (κ2) is 7.42. The number of fused-ring (bicyclic) bond motifs is 3. The summed E-state index contributed by atoms with van der Waals surface area (Å²) in [7, 11) is 0.